The normalized spacial score (nSPS) is 13.3. The van der Waals surface area contributed by atoms with E-state index in [0.29, 0.717) is 18.7 Å². The summed E-state index contributed by atoms with van der Waals surface area (Å²) in [7, 11) is -3.61. The number of rotatable bonds is 7. The van der Waals surface area contributed by atoms with Crippen molar-refractivity contribution >= 4 is 15.9 Å². The molecule has 0 aliphatic carbocycles. The van der Waals surface area contributed by atoms with Crippen LogP contribution in [0.25, 0.3) is 0 Å². The van der Waals surface area contributed by atoms with E-state index in [2.05, 4.69) is 5.32 Å². The van der Waals surface area contributed by atoms with Gasteiger partial charge in [0.25, 0.3) is 5.91 Å². The Morgan fingerprint density at radius 2 is 1.59 bits per heavy atom. The molecule has 2 aromatic carbocycles. The molecule has 0 radical (unpaired) electrons. The Labute approximate surface area is 168 Å². The van der Waals surface area contributed by atoms with Gasteiger partial charge in [-0.2, -0.15) is 17.5 Å². The summed E-state index contributed by atoms with van der Waals surface area (Å²) in [4.78, 5) is 12.5. The summed E-state index contributed by atoms with van der Waals surface area (Å²) in [6.45, 7) is 5.77. The van der Waals surface area contributed by atoms with Gasteiger partial charge in [-0.05, 0) is 36.8 Å². The molecule has 0 aromatic heterocycles. The van der Waals surface area contributed by atoms with Gasteiger partial charge in [0.05, 0.1) is 22.1 Å². The van der Waals surface area contributed by atoms with E-state index in [9.17, 15) is 26.4 Å². The molecule has 5 nitrogen and oxygen atoms in total. The van der Waals surface area contributed by atoms with Crippen LogP contribution in [-0.2, 0) is 16.2 Å². The number of sulfonamides is 1. The largest absolute Gasteiger partial charge is 0.417 e. The number of hydrogen-bond acceptors (Lipinski definition) is 3. The highest BCUT2D eigenvalue weighted by Crippen LogP contribution is 2.32. The number of amides is 1. The first-order chi connectivity index (χ1) is 13.5. The number of halogens is 3. The van der Waals surface area contributed by atoms with Gasteiger partial charge in [-0.15, -0.1) is 0 Å². The first-order valence-electron chi connectivity index (χ1n) is 9.09. The summed E-state index contributed by atoms with van der Waals surface area (Å²) >= 11 is 0. The molecule has 0 heterocycles. The second-order valence-electron chi connectivity index (χ2n) is 6.40. The van der Waals surface area contributed by atoms with Crippen molar-refractivity contribution in [1.82, 2.24) is 9.62 Å². The number of hydrogen-bond donors (Lipinski definition) is 1. The molecule has 29 heavy (non-hydrogen) atoms. The quantitative estimate of drug-likeness (QED) is 0.718. The fraction of sp³-hybridized carbons (Fsp3) is 0.350. The Bertz CT molecular complexity index is 954. The predicted octanol–water partition coefficient (Wildman–Crippen LogP) is 4.23. The summed E-state index contributed by atoms with van der Waals surface area (Å²) in [6.07, 6.45) is -4.64. The van der Waals surface area contributed by atoms with Crippen molar-refractivity contribution in [3.05, 3.63) is 65.2 Å². The molecule has 2 rings (SSSR count). The molecule has 9 heteroatoms. The lowest BCUT2D eigenvalue weighted by molar-refractivity contribution is -0.137. The minimum absolute atomic E-state index is 0.117. The van der Waals surface area contributed by atoms with Gasteiger partial charge in [-0.25, -0.2) is 8.42 Å². The highest BCUT2D eigenvalue weighted by atomic mass is 32.2. The minimum Gasteiger partial charge on any atom is -0.346 e. The maximum atomic E-state index is 13.1. The van der Waals surface area contributed by atoms with Crippen LogP contribution in [0.1, 0.15) is 48.3 Å². The summed E-state index contributed by atoms with van der Waals surface area (Å²) in [6, 6.07) is 9.86. The van der Waals surface area contributed by atoms with Gasteiger partial charge in [-0.1, -0.05) is 38.1 Å². The molecule has 158 valence electrons. The number of carbonyl (C=O) groups is 1. The molecule has 1 atom stereocenters. The van der Waals surface area contributed by atoms with E-state index in [1.807, 2.05) is 0 Å². The van der Waals surface area contributed by atoms with Crippen LogP contribution in [0, 0.1) is 0 Å². The maximum Gasteiger partial charge on any atom is 0.417 e. The highest BCUT2D eigenvalue weighted by Gasteiger charge is 2.35. The van der Waals surface area contributed by atoms with Crippen molar-refractivity contribution in [2.75, 3.05) is 13.1 Å². The summed E-state index contributed by atoms with van der Waals surface area (Å²) in [5.74, 6) is -0.856. The average molecular weight is 428 g/mol. The summed E-state index contributed by atoms with van der Waals surface area (Å²) in [5, 5.41) is 2.53. The van der Waals surface area contributed by atoms with Gasteiger partial charge < -0.3 is 5.32 Å². The van der Waals surface area contributed by atoms with Crippen LogP contribution < -0.4 is 5.32 Å². The standard InChI is InChI=1S/C20H23F3N2O3S/c1-4-25(5-2)29(27,28)16-12-10-15(11-13-16)14(3)24-19(26)17-8-6-7-9-18(17)20(21,22)23/h6-14H,4-5H2,1-3H3,(H,24,26)/t14-/m1/s1. The zero-order chi connectivity index (χ0) is 21.8. The van der Waals surface area contributed by atoms with Gasteiger partial charge in [0.2, 0.25) is 10.0 Å². The lowest BCUT2D eigenvalue weighted by atomic mass is 10.0. The van der Waals surface area contributed by atoms with Crippen LogP contribution in [0.15, 0.2) is 53.4 Å². The van der Waals surface area contributed by atoms with Gasteiger partial charge in [0.15, 0.2) is 0 Å². The van der Waals surface area contributed by atoms with Crippen LogP contribution in [-0.4, -0.2) is 31.7 Å². The predicted molar refractivity (Wildman–Crippen MR) is 104 cm³/mol. The van der Waals surface area contributed by atoms with E-state index in [0.717, 1.165) is 12.1 Å². The van der Waals surface area contributed by atoms with Crippen molar-refractivity contribution < 1.29 is 26.4 Å². The molecule has 1 amide bonds. The van der Waals surface area contributed by atoms with Crippen molar-refractivity contribution in [1.29, 1.82) is 0 Å². The SMILES string of the molecule is CCN(CC)S(=O)(=O)c1ccc([C@@H](C)NC(=O)c2ccccc2C(F)(F)F)cc1. The summed E-state index contributed by atoms with van der Waals surface area (Å²) < 4.78 is 65.7. The summed E-state index contributed by atoms with van der Waals surface area (Å²) in [5.41, 5.74) is -0.903. The first-order valence-corrected chi connectivity index (χ1v) is 10.5. The first kappa shape index (κ1) is 22.9. The second kappa shape index (κ2) is 8.96. The van der Waals surface area contributed by atoms with Gasteiger partial charge in [-0.3, -0.25) is 4.79 Å². The molecule has 0 aliphatic heterocycles. The Morgan fingerprint density at radius 3 is 2.10 bits per heavy atom. The van der Waals surface area contributed by atoms with Crippen molar-refractivity contribution in [2.24, 2.45) is 0 Å². The molecule has 0 saturated heterocycles. The van der Waals surface area contributed by atoms with Crippen molar-refractivity contribution in [2.45, 2.75) is 37.9 Å². The zero-order valence-corrected chi connectivity index (χ0v) is 17.1. The number of benzene rings is 2. The maximum absolute atomic E-state index is 13.1. The van der Waals surface area contributed by atoms with Gasteiger partial charge >= 0.3 is 6.18 Å². The topological polar surface area (TPSA) is 66.5 Å². The van der Waals surface area contributed by atoms with E-state index in [1.165, 1.54) is 40.7 Å². The Morgan fingerprint density at radius 1 is 1.03 bits per heavy atom. The minimum atomic E-state index is -4.64. The third kappa shape index (κ3) is 5.16. The third-order valence-corrected chi connectivity index (χ3v) is 6.61. The monoisotopic (exact) mass is 428 g/mol. The van der Waals surface area contributed by atoms with Crippen LogP contribution in [0.2, 0.25) is 0 Å². The highest BCUT2D eigenvalue weighted by molar-refractivity contribution is 7.89. The molecule has 0 fully saturated rings. The lowest BCUT2D eigenvalue weighted by Crippen LogP contribution is -2.31. The molecular weight excluding hydrogens is 405 g/mol. The van der Waals surface area contributed by atoms with Gasteiger partial charge in [0, 0.05) is 13.1 Å². The molecule has 0 aliphatic rings. The number of alkyl halides is 3. The van der Waals surface area contributed by atoms with E-state index in [4.69, 9.17) is 0 Å². The third-order valence-electron chi connectivity index (χ3n) is 4.55. The Balaban J connectivity index is 2.21. The van der Waals surface area contributed by atoms with E-state index in [-0.39, 0.29) is 4.90 Å². The van der Waals surface area contributed by atoms with Gasteiger partial charge in [0.1, 0.15) is 0 Å². The van der Waals surface area contributed by atoms with E-state index in [1.54, 1.807) is 20.8 Å². The molecule has 0 unspecified atom stereocenters. The number of nitrogens with one attached hydrogen (secondary N) is 1. The second-order valence-corrected chi connectivity index (χ2v) is 8.33. The fourth-order valence-electron chi connectivity index (χ4n) is 2.93. The molecule has 0 spiro atoms. The Kier molecular flexibility index (Phi) is 7.07. The molecule has 0 bridgehead atoms. The van der Waals surface area contributed by atoms with Crippen LogP contribution >= 0.6 is 0 Å². The average Bonchev–Trinajstić information content (AvgIpc) is 2.68. The lowest BCUT2D eigenvalue weighted by Gasteiger charge is -2.20. The van der Waals surface area contributed by atoms with Crippen molar-refractivity contribution in [3.8, 4) is 0 Å². The fourth-order valence-corrected chi connectivity index (χ4v) is 4.39. The molecule has 2 aromatic rings. The molecular formula is C20H23F3N2O3S. The zero-order valence-electron chi connectivity index (χ0n) is 16.3. The van der Waals surface area contributed by atoms with E-state index >= 15 is 0 Å². The molecule has 1 N–H and O–H groups in total. The van der Waals surface area contributed by atoms with Crippen LogP contribution in [0.5, 0.6) is 0 Å². The van der Waals surface area contributed by atoms with Crippen LogP contribution in [0.4, 0.5) is 13.2 Å². The van der Waals surface area contributed by atoms with Crippen molar-refractivity contribution in [3.63, 3.8) is 0 Å². The van der Waals surface area contributed by atoms with Crippen LogP contribution in [0.3, 0.4) is 0 Å². The number of nitrogens with zero attached hydrogens (tertiary/aromatic N) is 1. The smallest absolute Gasteiger partial charge is 0.346 e. The molecule has 0 saturated carbocycles. The number of carbonyl (C=O) groups excluding carboxylic acids is 1. The Hall–Kier alpha value is -2.39. The van der Waals surface area contributed by atoms with E-state index < -0.39 is 39.3 Å².